The lowest BCUT2D eigenvalue weighted by molar-refractivity contribution is -0.137. The third kappa shape index (κ3) is 8.86. The number of unbranched alkanes of at least 4 members (excludes halogenated alkanes) is 3. The molecular formula is C47H50F2N8O5. The van der Waals surface area contributed by atoms with Gasteiger partial charge in [-0.05, 0) is 79.5 Å². The van der Waals surface area contributed by atoms with Gasteiger partial charge in [-0.3, -0.25) is 39.1 Å². The molecule has 6 heterocycles. The van der Waals surface area contributed by atoms with Crippen molar-refractivity contribution in [1.29, 1.82) is 0 Å². The van der Waals surface area contributed by atoms with Crippen LogP contribution in [0.1, 0.15) is 90.9 Å². The van der Waals surface area contributed by atoms with E-state index in [0.29, 0.717) is 92.2 Å². The third-order valence-corrected chi connectivity index (χ3v) is 12.8. The number of rotatable bonds is 13. The fourth-order valence-electron chi connectivity index (χ4n) is 9.25. The molecule has 1 unspecified atom stereocenters. The number of hydrogen-bond donors (Lipinski definition) is 1. The van der Waals surface area contributed by atoms with E-state index < -0.39 is 23.6 Å². The number of fused-ring (bicyclic) bond motifs is 2. The van der Waals surface area contributed by atoms with Gasteiger partial charge in [-0.25, -0.2) is 13.8 Å². The third-order valence-electron chi connectivity index (χ3n) is 12.8. The summed E-state index contributed by atoms with van der Waals surface area (Å²) in [4.78, 5) is 65.2. The van der Waals surface area contributed by atoms with Crippen molar-refractivity contribution in [3.63, 3.8) is 0 Å². The van der Waals surface area contributed by atoms with E-state index in [2.05, 4.69) is 21.5 Å². The number of aryl methyl sites for hydroxylation is 1. The van der Waals surface area contributed by atoms with Gasteiger partial charge in [0.25, 0.3) is 5.91 Å². The first-order valence-corrected chi connectivity index (χ1v) is 21.8. The highest BCUT2D eigenvalue weighted by Gasteiger charge is 2.39. The summed E-state index contributed by atoms with van der Waals surface area (Å²) in [6, 6.07) is 13.6. The molecule has 9 rings (SSSR count). The van der Waals surface area contributed by atoms with Crippen molar-refractivity contribution < 1.29 is 32.7 Å². The van der Waals surface area contributed by atoms with E-state index in [1.54, 1.807) is 23.4 Å². The van der Waals surface area contributed by atoms with Crippen LogP contribution in [0.5, 0.6) is 0 Å². The molecule has 15 heteroatoms. The number of morpholine rings is 1. The molecule has 4 aliphatic heterocycles. The first kappa shape index (κ1) is 41.4. The van der Waals surface area contributed by atoms with Gasteiger partial charge >= 0.3 is 0 Å². The predicted octanol–water partition coefficient (Wildman–Crippen LogP) is 6.39. The first-order valence-electron chi connectivity index (χ1n) is 21.8. The van der Waals surface area contributed by atoms with Crippen LogP contribution in [0.25, 0.3) is 33.4 Å². The topological polar surface area (TPSA) is 143 Å². The smallest absolute Gasteiger partial charge is 0.255 e. The molecule has 1 N–H and O–H groups in total. The first-order chi connectivity index (χ1) is 30.2. The number of para-hydroxylation sites is 1. The van der Waals surface area contributed by atoms with Crippen molar-refractivity contribution in [1.82, 2.24) is 39.8 Å². The molecule has 0 radical (unpaired) electrons. The molecule has 322 valence electrons. The van der Waals surface area contributed by atoms with Crippen LogP contribution in [0.2, 0.25) is 0 Å². The van der Waals surface area contributed by atoms with Gasteiger partial charge in [-0.2, -0.15) is 5.10 Å². The van der Waals surface area contributed by atoms with Crippen molar-refractivity contribution in [2.75, 3.05) is 39.4 Å². The molecule has 3 fully saturated rings. The number of nitrogens with one attached hydrogen (secondary N) is 1. The summed E-state index contributed by atoms with van der Waals surface area (Å²) in [5.74, 6) is -1.86. The maximum Gasteiger partial charge on any atom is 0.255 e. The van der Waals surface area contributed by atoms with E-state index in [0.717, 1.165) is 61.6 Å². The molecule has 62 heavy (non-hydrogen) atoms. The lowest BCUT2D eigenvalue weighted by Gasteiger charge is -2.32. The van der Waals surface area contributed by atoms with Crippen LogP contribution in [0.15, 0.2) is 67.1 Å². The van der Waals surface area contributed by atoms with Crippen molar-refractivity contribution in [2.24, 2.45) is 0 Å². The molecule has 4 aliphatic rings. The average Bonchev–Trinajstić information content (AvgIpc) is 3.91. The van der Waals surface area contributed by atoms with Gasteiger partial charge in [-0.1, -0.05) is 37.1 Å². The predicted molar refractivity (Wildman–Crippen MR) is 226 cm³/mol. The van der Waals surface area contributed by atoms with Gasteiger partial charge in [0.2, 0.25) is 17.7 Å². The van der Waals surface area contributed by atoms with Crippen LogP contribution < -0.4 is 5.32 Å². The van der Waals surface area contributed by atoms with Gasteiger partial charge in [-0.15, -0.1) is 0 Å². The second-order valence-corrected chi connectivity index (χ2v) is 16.9. The number of imide groups is 1. The number of likely N-dealkylation sites (tertiary alicyclic amines) is 1. The van der Waals surface area contributed by atoms with E-state index in [1.807, 2.05) is 44.9 Å². The summed E-state index contributed by atoms with van der Waals surface area (Å²) in [6.45, 7) is 4.25. The summed E-state index contributed by atoms with van der Waals surface area (Å²) in [7, 11) is 0. The number of nitrogens with zero attached hydrogens (tertiary/aromatic N) is 7. The molecule has 0 aliphatic carbocycles. The monoisotopic (exact) mass is 844 g/mol. The number of aromatic nitrogens is 4. The Balaban J connectivity index is 0.734. The van der Waals surface area contributed by atoms with Crippen LogP contribution in [0, 0.1) is 11.6 Å². The summed E-state index contributed by atoms with van der Waals surface area (Å²) in [6.07, 6.45) is 12.7. The number of benzene rings is 3. The summed E-state index contributed by atoms with van der Waals surface area (Å²) >= 11 is 0. The van der Waals surface area contributed by atoms with Gasteiger partial charge in [0.1, 0.15) is 17.7 Å². The van der Waals surface area contributed by atoms with E-state index in [9.17, 15) is 19.2 Å². The molecule has 0 spiro atoms. The SMILES string of the molecule is O=C1CCC(N2Cc3cc(CCCCCCC(=O)N4CCC(n5cc(-c6cnc7cccc(-c8cc(F)c(CN9CCOCC9)c(F)c8)c7n6)cn5)CC4)ccc3C2=O)C(=O)N1. The molecular weight excluding hydrogens is 795 g/mol. The molecule has 3 saturated heterocycles. The second kappa shape index (κ2) is 18.2. The minimum absolute atomic E-state index is 0.0480. The standard InChI is InChI=1S/C47H50F2N8O5/c48-38-23-31(24-39(49)37(38)29-54-18-20-62-21-19-54)35-7-5-8-40-45(35)52-41(26-50-40)33-25-51-57(28-33)34-14-16-55(17-15-34)44(59)9-4-2-1-3-6-30-10-11-36-32(22-30)27-56(47(36)61)42-12-13-43(58)53-46(42)60/h5,7-8,10-11,22-26,28,34,42H,1-4,6,9,12-21,27,29H2,(H,53,58,60). The Labute approximate surface area is 358 Å². The molecule has 0 saturated carbocycles. The van der Waals surface area contributed by atoms with E-state index in [4.69, 9.17) is 9.72 Å². The van der Waals surface area contributed by atoms with Crippen molar-refractivity contribution in [2.45, 2.75) is 89.4 Å². The quantitative estimate of drug-likeness (QED) is 0.105. The Morgan fingerprint density at radius 1 is 0.855 bits per heavy atom. The number of carbonyl (C=O) groups is 4. The van der Waals surface area contributed by atoms with E-state index in [1.165, 1.54) is 12.1 Å². The van der Waals surface area contributed by atoms with Crippen molar-refractivity contribution >= 4 is 34.7 Å². The average molecular weight is 845 g/mol. The Kier molecular flexibility index (Phi) is 12.2. The molecule has 13 nitrogen and oxygen atoms in total. The highest BCUT2D eigenvalue weighted by molar-refractivity contribution is 6.05. The number of ether oxygens (including phenoxy) is 1. The fourth-order valence-corrected chi connectivity index (χ4v) is 9.25. The summed E-state index contributed by atoms with van der Waals surface area (Å²) < 4.78 is 38.1. The fraction of sp³-hybridized carbons (Fsp3) is 0.426. The van der Waals surface area contributed by atoms with Crippen LogP contribution in [0.3, 0.4) is 0 Å². The van der Waals surface area contributed by atoms with Crippen LogP contribution in [-0.4, -0.2) is 104 Å². The van der Waals surface area contributed by atoms with Gasteiger partial charge in [0, 0.05) is 80.6 Å². The molecule has 3 aromatic carbocycles. The molecule has 2 aromatic heterocycles. The van der Waals surface area contributed by atoms with Gasteiger partial charge in [0.15, 0.2) is 0 Å². The number of piperidine rings is 2. The zero-order valence-corrected chi connectivity index (χ0v) is 34.7. The second-order valence-electron chi connectivity index (χ2n) is 16.9. The molecule has 5 aromatic rings. The normalized spacial score (nSPS) is 18.7. The number of halogens is 2. The van der Waals surface area contributed by atoms with Gasteiger partial charge in [0.05, 0.1) is 48.4 Å². The highest BCUT2D eigenvalue weighted by atomic mass is 19.1. The molecule has 1 atom stereocenters. The Bertz CT molecular complexity index is 2490. The number of hydrogen-bond acceptors (Lipinski definition) is 9. The minimum atomic E-state index is -0.615. The van der Waals surface area contributed by atoms with E-state index in [-0.39, 0.29) is 42.3 Å². The number of carbonyl (C=O) groups excluding carboxylic acids is 4. The maximum atomic E-state index is 15.4. The molecule has 0 bridgehead atoms. The van der Waals surface area contributed by atoms with Crippen molar-refractivity contribution in [3.05, 3.63) is 101 Å². The van der Waals surface area contributed by atoms with Crippen LogP contribution >= 0.6 is 0 Å². The maximum absolute atomic E-state index is 15.4. The Morgan fingerprint density at radius 2 is 1.65 bits per heavy atom. The van der Waals surface area contributed by atoms with E-state index >= 15 is 8.78 Å². The Hall–Kier alpha value is -5.93. The van der Waals surface area contributed by atoms with Crippen molar-refractivity contribution in [3.8, 4) is 22.4 Å². The number of amides is 4. The minimum Gasteiger partial charge on any atom is -0.379 e. The summed E-state index contributed by atoms with van der Waals surface area (Å²) in [5.41, 5.74) is 6.29. The van der Waals surface area contributed by atoms with Crippen LogP contribution in [0.4, 0.5) is 8.78 Å². The summed E-state index contributed by atoms with van der Waals surface area (Å²) in [5, 5.41) is 7.02. The largest absolute Gasteiger partial charge is 0.379 e. The lowest BCUT2D eigenvalue weighted by Crippen LogP contribution is -2.52. The highest BCUT2D eigenvalue weighted by Crippen LogP contribution is 2.33. The van der Waals surface area contributed by atoms with Gasteiger partial charge < -0.3 is 14.5 Å². The zero-order chi connectivity index (χ0) is 42.7. The zero-order valence-electron chi connectivity index (χ0n) is 34.7. The van der Waals surface area contributed by atoms with Crippen LogP contribution in [-0.2, 0) is 38.6 Å². The lowest BCUT2D eigenvalue weighted by atomic mass is 10.0. The molecule has 4 amide bonds. The Morgan fingerprint density at radius 3 is 2.44 bits per heavy atom.